The summed E-state index contributed by atoms with van der Waals surface area (Å²) >= 11 is 10.8. The number of hydrazone groups is 1. The topological polar surface area (TPSA) is 86.3 Å². The molecule has 0 fully saturated rings. The van der Waals surface area contributed by atoms with E-state index in [0.29, 0.717) is 5.16 Å². The molecule has 80 valence electrons. The first-order valence-corrected chi connectivity index (χ1v) is 4.37. The van der Waals surface area contributed by atoms with Gasteiger partial charge in [-0.3, -0.25) is 10.4 Å². The highest BCUT2D eigenvalue weighted by Crippen LogP contribution is 2.02. The van der Waals surface area contributed by atoms with Gasteiger partial charge in [0.05, 0.1) is 24.3 Å². The Bertz CT molecular complexity index is 399. The van der Waals surface area contributed by atoms with Crippen molar-refractivity contribution >= 4 is 29.6 Å². The lowest BCUT2D eigenvalue weighted by Gasteiger charge is -2.12. The Kier molecular flexibility index (Phi) is 4.58. The molecule has 1 aliphatic heterocycles. The normalized spacial score (nSPS) is 13.5. The minimum absolute atomic E-state index is 0.366. The number of rotatable bonds is 0. The van der Waals surface area contributed by atoms with Crippen LogP contribution in [0.25, 0.3) is 0 Å². The van der Waals surface area contributed by atoms with Crippen LogP contribution in [0.1, 0.15) is 0 Å². The predicted molar refractivity (Wildman–Crippen MR) is 55.9 cm³/mol. The number of hydrogen-bond acceptors (Lipinski definition) is 6. The Hall–Kier alpha value is -1.60. The summed E-state index contributed by atoms with van der Waals surface area (Å²) in [5, 5.41) is 4.04. The van der Waals surface area contributed by atoms with Crippen LogP contribution in [-0.4, -0.2) is 25.8 Å². The van der Waals surface area contributed by atoms with Gasteiger partial charge in [-0.2, -0.15) is 4.98 Å². The van der Waals surface area contributed by atoms with E-state index in [0.717, 1.165) is 4.64 Å². The van der Waals surface area contributed by atoms with Gasteiger partial charge < -0.3 is 0 Å². The fourth-order valence-corrected chi connectivity index (χ4v) is 0.882. The van der Waals surface area contributed by atoms with E-state index in [1.54, 1.807) is 6.08 Å². The Morgan fingerprint density at radius 3 is 2.60 bits per heavy atom. The molecule has 2 rings (SSSR count). The van der Waals surface area contributed by atoms with Crippen molar-refractivity contribution in [3.05, 3.63) is 34.4 Å². The molecular formula is C6H6Cl2N6O. The number of H-pyrrole nitrogens is 1. The van der Waals surface area contributed by atoms with Crippen LogP contribution in [-0.2, 0) is 0 Å². The highest BCUT2D eigenvalue weighted by molar-refractivity contribution is 6.30. The average Bonchev–Trinajstić information content (AvgIpc) is 2.19. The molecule has 1 aromatic rings. The Morgan fingerprint density at radius 2 is 2.27 bits per heavy atom. The fourth-order valence-electron chi connectivity index (χ4n) is 0.560. The predicted octanol–water partition coefficient (Wildman–Crippen LogP) is 0.191. The van der Waals surface area contributed by atoms with E-state index in [4.69, 9.17) is 23.4 Å². The van der Waals surface area contributed by atoms with E-state index in [2.05, 4.69) is 25.5 Å². The van der Waals surface area contributed by atoms with Crippen molar-refractivity contribution in [2.75, 3.05) is 0 Å². The molecule has 1 aromatic heterocycles. The molecule has 0 bridgehead atoms. The van der Waals surface area contributed by atoms with E-state index in [1.807, 2.05) is 0 Å². The summed E-state index contributed by atoms with van der Waals surface area (Å²) in [5.74, 6) is 0. The molecule has 0 atom stereocenters. The van der Waals surface area contributed by atoms with Crippen LogP contribution in [0.15, 0.2) is 33.8 Å². The third kappa shape index (κ3) is 4.99. The zero-order chi connectivity index (χ0) is 11.1. The minimum atomic E-state index is -0.366. The number of allylic oxidation sites excluding steroid dienone is 1. The number of nitrogens with one attached hydrogen (secondary N) is 2. The SMILES string of the molecule is ClC1=CC=NN(Cl)N1.O=c1ncnc[nH]1. The van der Waals surface area contributed by atoms with Crippen LogP contribution in [0.2, 0.25) is 0 Å². The summed E-state index contributed by atoms with van der Waals surface area (Å²) in [5.41, 5.74) is 2.14. The van der Waals surface area contributed by atoms with Gasteiger partial charge >= 0.3 is 5.69 Å². The van der Waals surface area contributed by atoms with Gasteiger partial charge in [0.25, 0.3) is 0 Å². The van der Waals surface area contributed by atoms with Crippen molar-refractivity contribution in [3.63, 3.8) is 0 Å². The Balaban J connectivity index is 0.000000151. The van der Waals surface area contributed by atoms with Crippen LogP contribution in [0.3, 0.4) is 0 Å². The van der Waals surface area contributed by atoms with Crippen molar-refractivity contribution < 1.29 is 0 Å². The number of hydrogen-bond donors (Lipinski definition) is 2. The van der Waals surface area contributed by atoms with Crippen molar-refractivity contribution in [2.24, 2.45) is 5.10 Å². The van der Waals surface area contributed by atoms with E-state index in [9.17, 15) is 4.79 Å². The Morgan fingerprint density at radius 1 is 1.47 bits per heavy atom. The number of aromatic nitrogens is 3. The van der Waals surface area contributed by atoms with Gasteiger partial charge in [-0.15, -0.1) is 9.74 Å². The van der Waals surface area contributed by atoms with Crippen LogP contribution in [0.4, 0.5) is 0 Å². The lowest BCUT2D eigenvalue weighted by atomic mass is 10.6. The molecular weight excluding hydrogens is 243 g/mol. The van der Waals surface area contributed by atoms with Crippen molar-refractivity contribution in [3.8, 4) is 0 Å². The van der Waals surface area contributed by atoms with Gasteiger partial charge in [-0.25, -0.2) is 9.78 Å². The van der Waals surface area contributed by atoms with E-state index in [1.165, 1.54) is 18.9 Å². The number of nitrogens with zero attached hydrogens (tertiary/aromatic N) is 4. The largest absolute Gasteiger partial charge is 0.347 e. The molecule has 0 saturated carbocycles. The highest BCUT2D eigenvalue weighted by atomic mass is 35.5. The van der Waals surface area contributed by atoms with Crippen molar-refractivity contribution in [2.45, 2.75) is 0 Å². The van der Waals surface area contributed by atoms with Crippen molar-refractivity contribution in [1.29, 1.82) is 0 Å². The zero-order valence-corrected chi connectivity index (χ0v) is 8.77. The summed E-state index contributed by atoms with van der Waals surface area (Å²) in [4.78, 5) is 19.1. The summed E-state index contributed by atoms with van der Waals surface area (Å²) < 4.78 is 1.00. The molecule has 2 N–H and O–H groups in total. The third-order valence-electron chi connectivity index (χ3n) is 1.09. The lowest BCUT2D eigenvalue weighted by Crippen LogP contribution is -2.24. The van der Waals surface area contributed by atoms with E-state index < -0.39 is 0 Å². The monoisotopic (exact) mass is 248 g/mol. The summed E-state index contributed by atoms with van der Waals surface area (Å²) in [6, 6.07) is 0. The summed E-state index contributed by atoms with van der Waals surface area (Å²) in [6.45, 7) is 0. The first-order valence-electron chi connectivity index (χ1n) is 3.65. The van der Waals surface area contributed by atoms with Gasteiger partial charge in [0, 0.05) is 0 Å². The van der Waals surface area contributed by atoms with Crippen LogP contribution in [0, 0.1) is 0 Å². The van der Waals surface area contributed by atoms with E-state index >= 15 is 0 Å². The summed E-state index contributed by atoms with van der Waals surface area (Å²) in [6.07, 6.45) is 5.57. The molecule has 0 aromatic carbocycles. The molecule has 2 heterocycles. The lowest BCUT2D eigenvalue weighted by molar-refractivity contribution is 0.408. The maximum Gasteiger partial charge on any atom is 0.347 e. The highest BCUT2D eigenvalue weighted by Gasteiger charge is 1.98. The smallest absolute Gasteiger partial charge is 0.296 e. The second-order valence-corrected chi connectivity index (χ2v) is 2.85. The summed E-state index contributed by atoms with van der Waals surface area (Å²) in [7, 11) is 0. The maximum atomic E-state index is 10.1. The second kappa shape index (κ2) is 5.99. The molecule has 0 radical (unpaired) electrons. The number of halogens is 2. The first-order chi connectivity index (χ1) is 7.18. The standard InChI is InChI=1S/C3H3Cl2N3.C3H3N3O/c4-3-1-2-6-8(5)7-3;7-3-5-1-4-2-6-3/h1-2,7H;1-2H,(H,4,5,6,7). The minimum Gasteiger partial charge on any atom is -0.296 e. The van der Waals surface area contributed by atoms with Gasteiger partial charge in [0.2, 0.25) is 0 Å². The van der Waals surface area contributed by atoms with Gasteiger partial charge in [0.15, 0.2) is 0 Å². The molecule has 0 unspecified atom stereocenters. The fraction of sp³-hybridized carbons (Fsp3) is 0. The maximum absolute atomic E-state index is 10.1. The van der Waals surface area contributed by atoms with Crippen LogP contribution >= 0.6 is 23.4 Å². The molecule has 0 aliphatic carbocycles. The van der Waals surface area contributed by atoms with Crippen LogP contribution < -0.4 is 11.1 Å². The quantitative estimate of drug-likeness (QED) is 0.506. The first kappa shape index (κ1) is 11.5. The van der Waals surface area contributed by atoms with Crippen LogP contribution in [0.5, 0.6) is 0 Å². The van der Waals surface area contributed by atoms with Gasteiger partial charge in [-0.1, -0.05) is 11.6 Å². The molecule has 1 aliphatic rings. The van der Waals surface area contributed by atoms with Gasteiger partial charge in [-0.05, 0) is 6.08 Å². The molecule has 9 heteroatoms. The van der Waals surface area contributed by atoms with E-state index in [-0.39, 0.29) is 5.69 Å². The second-order valence-electron chi connectivity index (χ2n) is 2.12. The number of hydrazine groups is 1. The average molecular weight is 249 g/mol. The molecule has 0 saturated heterocycles. The third-order valence-corrected chi connectivity index (χ3v) is 1.47. The zero-order valence-electron chi connectivity index (χ0n) is 7.26. The Labute approximate surface area is 94.5 Å². The molecule has 15 heavy (non-hydrogen) atoms. The molecule has 0 amide bonds. The molecule has 0 spiro atoms. The van der Waals surface area contributed by atoms with Crippen molar-refractivity contribution in [1.82, 2.24) is 25.0 Å². The molecule has 7 nitrogen and oxygen atoms in total. The number of aromatic amines is 1. The van der Waals surface area contributed by atoms with Gasteiger partial charge in [0.1, 0.15) is 11.5 Å².